The van der Waals surface area contributed by atoms with Crippen molar-refractivity contribution in [2.24, 2.45) is 0 Å². The zero-order chi connectivity index (χ0) is 23.3. The van der Waals surface area contributed by atoms with Crippen molar-refractivity contribution in [3.8, 4) is 6.07 Å². The highest BCUT2D eigenvalue weighted by Gasteiger charge is 2.27. The van der Waals surface area contributed by atoms with Crippen LogP contribution in [0, 0.1) is 21.4 Å². The van der Waals surface area contributed by atoms with Crippen LogP contribution in [0.2, 0.25) is 0 Å². The lowest BCUT2D eigenvalue weighted by Crippen LogP contribution is -2.47. The first-order chi connectivity index (χ1) is 15.2. The molecule has 1 aromatic carbocycles. The van der Waals surface area contributed by atoms with E-state index in [-0.39, 0.29) is 17.1 Å². The summed E-state index contributed by atoms with van der Waals surface area (Å²) < 4.78 is 27.5. The lowest BCUT2D eigenvalue weighted by molar-refractivity contribution is -0.384. The fourth-order valence-electron chi connectivity index (χ4n) is 3.47. The van der Waals surface area contributed by atoms with Gasteiger partial charge in [0.25, 0.3) is 5.69 Å². The number of hydrogen-bond donors (Lipinski definition) is 1. The molecule has 0 amide bonds. The predicted molar refractivity (Wildman–Crippen MR) is 120 cm³/mol. The molecule has 0 unspecified atom stereocenters. The number of likely N-dealkylation sites (N-methyl/N-ethyl adjacent to an activating group) is 1. The second-order valence-electron chi connectivity index (χ2n) is 7.57. The lowest BCUT2D eigenvalue weighted by atomic mass is 10.2. The predicted octanol–water partition coefficient (Wildman–Crippen LogP) is 1.03. The van der Waals surface area contributed by atoms with Crippen molar-refractivity contribution >= 4 is 27.2 Å². The summed E-state index contributed by atoms with van der Waals surface area (Å²) in [5.74, 6) is 0.592. The molecule has 1 fully saturated rings. The average molecular weight is 460 g/mol. The van der Waals surface area contributed by atoms with E-state index in [9.17, 15) is 23.8 Å². The molecule has 0 atom stereocenters. The van der Waals surface area contributed by atoms with Crippen LogP contribution in [0.25, 0.3) is 0 Å². The Balaban J connectivity index is 1.77. The van der Waals surface area contributed by atoms with Crippen LogP contribution in [-0.2, 0) is 10.0 Å². The van der Waals surface area contributed by atoms with Crippen molar-refractivity contribution in [3.63, 3.8) is 0 Å². The van der Waals surface area contributed by atoms with Gasteiger partial charge in [-0.05, 0) is 38.4 Å². The highest BCUT2D eigenvalue weighted by Crippen LogP contribution is 2.32. The highest BCUT2D eigenvalue weighted by atomic mass is 32.2. The van der Waals surface area contributed by atoms with E-state index >= 15 is 0 Å². The van der Waals surface area contributed by atoms with E-state index in [0.29, 0.717) is 49.8 Å². The molecular weight excluding hydrogens is 434 g/mol. The maximum Gasteiger partial charge on any atom is 0.293 e. The number of rotatable bonds is 8. The summed E-state index contributed by atoms with van der Waals surface area (Å²) in [6, 6.07) is 9.50. The zero-order valence-electron chi connectivity index (χ0n) is 17.9. The molecule has 12 heteroatoms. The molecule has 1 saturated heterocycles. The van der Waals surface area contributed by atoms with Crippen molar-refractivity contribution in [2.45, 2.75) is 4.90 Å². The second kappa shape index (κ2) is 9.90. The lowest BCUT2D eigenvalue weighted by Gasteiger charge is -2.36. The van der Waals surface area contributed by atoms with Crippen LogP contribution in [0.15, 0.2) is 41.4 Å². The molecule has 3 rings (SSSR count). The maximum atomic E-state index is 12.5. The van der Waals surface area contributed by atoms with Crippen molar-refractivity contribution in [2.75, 3.05) is 63.2 Å². The number of piperazine rings is 1. The highest BCUT2D eigenvalue weighted by molar-refractivity contribution is 7.89. The van der Waals surface area contributed by atoms with Crippen LogP contribution in [0.3, 0.4) is 0 Å². The van der Waals surface area contributed by atoms with Crippen LogP contribution >= 0.6 is 0 Å². The number of nitrogens with zero attached hydrogens (tertiary/aromatic N) is 6. The standard InChI is InChI=1S/C20H25N7O4S/c1-24(2)9-8-23-32(30,31)17-5-6-18(19(14-17)27(28)29)25-10-12-26(13-11-25)20-16(15-21)4-3-7-22-20/h3-7,14,23H,8-13H2,1-2H3. The van der Waals surface area contributed by atoms with Gasteiger partial charge in [-0.2, -0.15) is 5.26 Å². The first-order valence-electron chi connectivity index (χ1n) is 10.0. The number of anilines is 2. The fraction of sp³-hybridized carbons (Fsp3) is 0.400. The van der Waals surface area contributed by atoms with Gasteiger partial charge in [0.2, 0.25) is 10.0 Å². The number of hydrogen-bond acceptors (Lipinski definition) is 9. The summed E-state index contributed by atoms with van der Waals surface area (Å²) in [5, 5.41) is 21.0. The Bertz CT molecular complexity index is 1120. The van der Waals surface area contributed by atoms with Gasteiger partial charge in [0.1, 0.15) is 17.6 Å². The van der Waals surface area contributed by atoms with Gasteiger partial charge in [0.05, 0.1) is 15.4 Å². The maximum absolute atomic E-state index is 12.5. The third-order valence-corrected chi connectivity index (χ3v) is 6.59. The third-order valence-electron chi connectivity index (χ3n) is 5.13. The van der Waals surface area contributed by atoms with Gasteiger partial charge in [-0.25, -0.2) is 18.1 Å². The van der Waals surface area contributed by atoms with Crippen LogP contribution in [-0.4, -0.2) is 76.6 Å². The van der Waals surface area contributed by atoms with Crippen molar-refractivity contribution in [1.29, 1.82) is 5.26 Å². The van der Waals surface area contributed by atoms with Gasteiger partial charge < -0.3 is 14.7 Å². The molecule has 170 valence electrons. The number of pyridine rings is 1. The Morgan fingerprint density at radius 3 is 2.53 bits per heavy atom. The minimum absolute atomic E-state index is 0.141. The van der Waals surface area contributed by atoms with Gasteiger partial charge in [0.15, 0.2) is 0 Å². The van der Waals surface area contributed by atoms with E-state index in [0.717, 1.165) is 6.07 Å². The van der Waals surface area contributed by atoms with Gasteiger partial charge in [-0.3, -0.25) is 10.1 Å². The average Bonchev–Trinajstić information content (AvgIpc) is 2.78. The molecular formula is C20H25N7O4S. The molecule has 32 heavy (non-hydrogen) atoms. The number of nitro groups is 1. The Morgan fingerprint density at radius 2 is 1.91 bits per heavy atom. The summed E-state index contributed by atoms with van der Waals surface area (Å²) >= 11 is 0. The number of aromatic nitrogens is 1. The summed E-state index contributed by atoms with van der Waals surface area (Å²) in [5.41, 5.74) is 0.580. The normalized spacial score (nSPS) is 14.4. The van der Waals surface area contributed by atoms with E-state index < -0.39 is 14.9 Å². The van der Waals surface area contributed by atoms with Crippen LogP contribution < -0.4 is 14.5 Å². The molecule has 1 aromatic heterocycles. The first kappa shape index (κ1) is 23.4. The largest absolute Gasteiger partial charge is 0.362 e. The molecule has 1 aliphatic heterocycles. The van der Waals surface area contributed by atoms with Gasteiger partial charge >= 0.3 is 0 Å². The summed E-state index contributed by atoms with van der Waals surface area (Å²) in [4.78, 5) is 20.9. The molecule has 0 saturated carbocycles. The summed E-state index contributed by atoms with van der Waals surface area (Å²) in [6.07, 6.45) is 1.62. The SMILES string of the molecule is CN(C)CCNS(=O)(=O)c1ccc(N2CCN(c3ncccc3C#N)CC2)c([N+](=O)[O-])c1. The Kier molecular flexibility index (Phi) is 7.24. The molecule has 2 heterocycles. The molecule has 0 spiro atoms. The molecule has 0 radical (unpaired) electrons. The quantitative estimate of drug-likeness (QED) is 0.453. The molecule has 1 aliphatic rings. The molecule has 11 nitrogen and oxygen atoms in total. The minimum Gasteiger partial charge on any atom is -0.362 e. The number of nitrogens with one attached hydrogen (secondary N) is 1. The van der Waals surface area contributed by atoms with Crippen molar-refractivity contribution in [1.82, 2.24) is 14.6 Å². The number of nitro benzene ring substituents is 1. The fourth-order valence-corrected chi connectivity index (χ4v) is 4.51. The Hall–Kier alpha value is -3.27. The zero-order valence-corrected chi connectivity index (χ0v) is 18.7. The van der Waals surface area contributed by atoms with Crippen molar-refractivity contribution < 1.29 is 13.3 Å². The molecule has 2 aromatic rings. The van der Waals surface area contributed by atoms with Crippen LogP contribution in [0.4, 0.5) is 17.2 Å². The van der Waals surface area contributed by atoms with E-state index in [1.807, 2.05) is 28.8 Å². The second-order valence-corrected chi connectivity index (χ2v) is 9.34. The van der Waals surface area contributed by atoms with E-state index in [2.05, 4.69) is 15.8 Å². The number of sulfonamides is 1. The van der Waals surface area contributed by atoms with E-state index in [4.69, 9.17) is 0 Å². The molecule has 0 bridgehead atoms. The summed E-state index contributed by atoms with van der Waals surface area (Å²) in [7, 11) is -0.215. The van der Waals surface area contributed by atoms with Gasteiger partial charge in [0, 0.05) is 51.5 Å². The van der Waals surface area contributed by atoms with E-state index in [1.165, 1.54) is 12.1 Å². The van der Waals surface area contributed by atoms with Crippen LogP contribution in [0.5, 0.6) is 0 Å². The monoisotopic (exact) mass is 459 g/mol. The van der Waals surface area contributed by atoms with E-state index in [1.54, 1.807) is 18.3 Å². The van der Waals surface area contributed by atoms with Gasteiger partial charge in [-0.1, -0.05) is 0 Å². The van der Waals surface area contributed by atoms with Crippen molar-refractivity contribution in [3.05, 3.63) is 52.2 Å². The Morgan fingerprint density at radius 1 is 1.22 bits per heavy atom. The third kappa shape index (κ3) is 5.31. The number of benzene rings is 1. The molecule has 0 aliphatic carbocycles. The van der Waals surface area contributed by atoms with Gasteiger partial charge in [-0.15, -0.1) is 0 Å². The van der Waals surface area contributed by atoms with Crippen LogP contribution in [0.1, 0.15) is 5.56 Å². The minimum atomic E-state index is -3.86. The first-order valence-corrected chi connectivity index (χ1v) is 11.5. The Labute approximate surface area is 187 Å². The summed E-state index contributed by atoms with van der Waals surface area (Å²) in [6.45, 7) is 2.69. The topological polar surface area (TPSA) is 136 Å². The number of nitriles is 1. The smallest absolute Gasteiger partial charge is 0.293 e. The molecule has 1 N–H and O–H groups in total.